The largest absolute Gasteiger partial charge is 0.481 e. The van der Waals surface area contributed by atoms with E-state index >= 15 is 0 Å². The van der Waals surface area contributed by atoms with Gasteiger partial charge >= 0.3 is 5.97 Å². The van der Waals surface area contributed by atoms with E-state index in [2.05, 4.69) is 0 Å². The summed E-state index contributed by atoms with van der Waals surface area (Å²) < 4.78 is 46.0. The quantitative estimate of drug-likeness (QED) is 0.518. The lowest BCUT2D eigenvalue weighted by Crippen LogP contribution is -2.32. The molecule has 0 saturated carbocycles. The van der Waals surface area contributed by atoms with Crippen molar-refractivity contribution in [3.8, 4) is 0 Å². The molecule has 1 unspecified atom stereocenters. The average Bonchev–Trinajstić information content (AvgIpc) is 1.83. The molecule has 0 aromatic heterocycles. The molecular formula is C4H6F4N2O2. The van der Waals surface area contributed by atoms with Crippen LogP contribution in [0.3, 0.4) is 0 Å². The highest BCUT2D eigenvalue weighted by atomic mass is 19.4. The molecule has 0 aliphatic carbocycles. The third-order valence-corrected chi connectivity index (χ3v) is 1.04. The number of hydrogen-bond acceptors (Lipinski definition) is 3. The van der Waals surface area contributed by atoms with Crippen LogP contribution in [0.25, 0.3) is 0 Å². The predicted octanol–water partition coefficient (Wildman–Crippen LogP) is 0.972. The van der Waals surface area contributed by atoms with Crippen molar-refractivity contribution in [3.63, 3.8) is 0 Å². The molecule has 0 amide bonds. The van der Waals surface area contributed by atoms with Gasteiger partial charge < -0.3 is 5.11 Å². The maximum atomic E-state index is 11.6. The van der Waals surface area contributed by atoms with Crippen molar-refractivity contribution in [1.82, 2.24) is 10.7 Å². The summed E-state index contributed by atoms with van der Waals surface area (Å²) >= 11 is 0. The highest BCUT2D eigenvalue weighted by Crippen LogP contribution is 2.08. The van der Waals surface area contributed by atoms with E-state index in [0.29, 0.717) is 0 Å². The number of hydrogen-bond donors (Lipinski definition) is 1. The number of rotatable bonds is 5. The smallest absolute Gasteiger partial charge is 0.305 e. The Labute approximate surface area is 64.7 Å². The van der Waals surface area contributed by atoms with Gasteiger partial charge in [-0.2, -0.15) is 0 Å². The van der Waals surface area contributed by atoms with Crippen molar-refractivity contribution in [3.05, 3.63) is 0 Å². The van der Waals surface area contributed by atoms with Gasteiger partial charge in [-0.1, -0.05) is 0 Å². The summed E-state index contributed by atoms with van der Waals surface area (Å²) in [6.07, 6.45) is -1.03. The summed E-state index contributed by atoms with van der Waals surface area (Å²) in [5.74, 6) is -1.55. The first-order valence-corrected chi connectivity index (χ1v) is 2.85. The topological polar surface area (TPSA) is 43.8 Å². The number of halogens is 4. The first kappa shape index (κ1) is 11.1. The van der Waals surface area contributed by atoms with Gasteiger partial charge in [-0.15, -0.1) is 17.9 Å². The lowest BCUT2D eigenvalue weighted by molar-refractivity contribution is -0.231. The van der Waals surface area contributed by atoms with Crippen LogP contribution >= 0.6 is 0 Å². The first-order valence-electron chi connectivity index (χ1n) is 2.85. The monoisotopic (exact) mass is 190 g/mol. The molecule has 0 fully saturated rings. The van der Waals surface area contributed by atoms with Gasteiger partial charge in [0.25, 0.3) is 0 Å². The van der Waals surface area contributed by atoms with E-state index in [-0.39, 0.29) is 0 Å². The maximum Gasteiger partial charge on any atom is 0.305 e. The Kier molecular flexibility index (Phi) is 4.52. The highest BCUT2D eigenvalue weighted by Gasteiger charge is 2.24. The Morgan fingerprint density at radius 1 is 1.33 bits per heavy atom. The molecule has 4 nitrogen and oxygen atoms in total. The van der Waals surface area contributed by atoms with E-state index < -0.39 is 35.7 Å². The van der Waals surface area contributed by atoms with E-state index in [1.54, 1.807) is 0 Å². The third-order valence-electron chi connectivity index (χ3n) is 1.04. The van der Waals surface area contributed by atoms with Gasteiger partial charge in [-0.25, -0.2) is 0 Å². The molecule has 12 heavy (non-hydrogen) atoms. The van der Waals surface area contributed by atoms with Gasteiger partial charge in [-0.3, -0.25) is 4.79 Å². The second kappa shape index (κ2) is 4.88. The average molecular weight is 190 g/mol. The number of carboxylic acids is 1. The molecule has 1 atom stereocenters. The van der Waals surface area contributed by atoms with Crippen molar-refractivity contribution in [1.29, 1.82) is 0 Å². The van der Waals surface area contributed by atoms with Crippen LogP contribution in [0.15, 0.2) is 0 Å². The molecule has 0 radical (unpaired) electrons. The Morgan fingerprint density at radius 3 is 2.08 bits per heavy atom. The molecule has 0 bridgehead atoms. The fourth-order valence-electron chi connectivity index (χ4n) is 0.556. The molecule has 0 aliphatic rings. The van der Waals surface area contributed by atoms with E-state index in [9.17, 15) is 22.7 Å². The summed E-state index contributed by atoms with van der Waals surface area (Å²) in [6, 6.07) is -1.99. The summed E-state index contributed by atoms with van der Waals surface area (Å²) in [5.41, 5.74) is 0. The summed E-state index contributed by atoms with van der Waals surface area (Å²) in [7, 11) is 0. The normalized spacial score (nSPS) is 13.8. The SMILES string of the molecule is O=C(O)CC(CN(F)F)N(F)F. The lowest BCUT2D eigenvalue weighted by Gasteiger charge is -2.13. The zero-order valence-electron chi connectivity index (χ0n) is 5.75. The Morgan fingerprint density at radius 2 is 1.83 bits per heavy atom. The summed E-state index contributed by atoms with van der Waals surface area (Å²) in [6.45, 7) is -1.31. The number of carbonyl (C=O) groups is 1. The van der Waals surface area contributed by atoms with Crippen molar-refractivity contribution in [2.45, 2.75) is 12.5 Å². The van der Waals surface area contributed by atoms with E-state index in [0.717, 1.165) is 0 Å². The standard InChI is InChI=1S/C4H6F4N2O2/c5-9(6)2-3(10(7)8)1-4(11)12/h3H,1-2H2,(H,11,12). The molecule has 0 saturated heterocycles. The second-order valence-corrected chi connectivity index (χ2v) is 2.00. The fraction of sp³-hybridized carbons (Fsp3) is 0.750. The Bertz CT molecular complexity index is 154. The molecular weight excluding hydrogens is 184 g/mol. The molecule has 0 aromatic carbocycles. The molecule has 1 N–H and O–H groups in total. The van der Waals surface area contributed by atoms with Crippen LogP contribution in [-0.2, 0) is 4.79 Å². The third kappa shape index (κ3) is 4.85. The molecule has 72 valence electrons. The van der Waals surface area contributed by atoms with Crippen molar-refractivity contribution in [2.24, 2.45) is 0 Å². The van der Waals surface area contributed by atoms with Gasteiger partial charge in [0.15, 0.2) is 0 Å². The predicted molar refractivity (Wildman–Crippen MR) is 29.0 cm³/mol. The number of nitrogens with zero attached hydrogens (tertiary/aromatic N) is 2. The highest BCUT2D eigenvalue weighted by molar-refractivity contribution is 5.67. The minimum Gasteiger partial charge on any atom is -0.481 e. The van der Waals surface area contributed by atoms with E-state index in [4.69, 9.17) is 5.11 Å². The van der Waals surface area contributed by atoms with Gasteiger partial charge in [-0.05, 0) is 0 Å². The van der Waals surface area contributed by atoms with Gasteiger partial charge in [0.05, 0.1) is 13.0 Å². The summed E-state index contributed by atoms with van der Waals surface area (Å²) in [4.78, 5) is 9.87. The van der Waals surface area contributed by atoms with Crippen LogP contribution in [0.1, 0.15) is 6.42 Å². The van der Waals surface area contributed by atoms with Gasteiger partial charge in [0, 0.05) is 10.7 Å². The minimum atomic E-state index is -1.99. The van der Waals surface area contributed by atoms with Crippen molar-refractivity contribution >= 4 is 5.97 Å². The molecule has 0 aliphatic heterocycles. The second-order valence-electron chi connectivity index (χ2n) is 2.00. The molecule has 0 spiro atoms. The van der Waals surface area contributed by atoms with Gasteiger partial charge in [0.2, 0.25) is 0 Å². The van der Waals surface area contributed by atoms with Crippen LogP contribution in [-0.4, -0.2) is 34.4 Å². The number of carboxylic acid groups (broad SMARTS) is 1. The summed E-state index contributed by atoms with van der Waals surface area (Å²) in [5, 5.41) is 4.99. The van der Waals surface area contributed by atoms with Crippen molar-refractivity contribution in [2.75, 3.05) is 6.54 Å². The van der Waals surface area contributed by atoms with Crippen LogP contribution in [0.2, 0.25) is 0 Å². The Hall–Kier alpha value is -0.890. The zero-order chi connectivity index (χ0) is 9.72. The number of aliphatic carboxylic acids is 1. The zero-order valence-corrected chi connectivity index (χ0v) is 5.75. The van der Waals surface area contributed by atoms with E-state index in [1.807, 2.05) is 0 Å². The van der Waals surface area contributed by atoms with Crippen molar-refractivity contribution < 1.29 is 27.8 Å². The van der Waals surface area contributed by atoms with Crippen LogP contribution in [0, 0.1) is 0 Å². The van der Waals surface area contributed by atoms with Crippen LogP contribution in [0.5, 0.6) is 0 Å². The maximum absolute atomic E-state index is 11.6. The van der Waals surface area contributed by atoms with Gasteiger partial charge in [0.1, 0.15) is 6.04 Å². The van der Waals surface area contributed by atoms with Crippen LogP contribution < -0.4 is 0 Å². The fourth-order valence-corrected chi connectivity index (χ4v) is 0.556. The lowest BCUT2D eigenvalue weighted by atomic mass is 10.2. The van der Waals surface area contributed by atoms with Crippen LogP contribution in [0.4, 0.5) is 17.9 Å². The first-order chi connectivity index (χ1) is 5.43. The van der Waals surface area contributed by atoms with E-state index in [1.165, 1.54) is 0 Å². The minimum absolute atomic E-state index is 1.03. The molecule has 0 rings (SSSR count). The Balaban J connectivity index is 3.95. The molecule has 8 heteroatoms. The molecule has 0 aromatic rings. The molecule has 0 heterocycles.